The molecule has 136 valence electrons. The number of para-hydroxylation sites is 1. The van der Waals surface area contributed by atoms with E-state index in [0.717, 1.165) is 5.56 Å². The summed E-state index contributed by atoms with van der Waals surface area (Å²) in [6, 6.07) is 11.5. The number of nitrogens with zero attached hydrogens (tertiary/aromatic N) is 2. The summed E-state index contributed by atoms with van der Waals surface area (Å²) in [5, 5.41) is 14.8. The van der Waals surface area contributed by atoms with Crippen LogP contribution in [0.2, 0.25) is 5.02 Å². The van der Waals surface area contributed by atoms with Crippen LogP contribution in [0.25, 0.3) is 0 Å². The van der Waals surface area contributed by atoms with E-state index in [1.807, 2.05) is 32.0 Å². The number of halogens is 1. The minimum absolute atomic E-state index is 0.115. The number of nitro benzene ring substituents is 1. The molecule has 0 saturated heterocycles. The highest BCUT2D eigenvalue weighted by atomic mass is 35.5. The smallest absolute Gasteiger partial charge is 0.277 e. The number of hydrazone groups is 1. The summed E-state index contributed by atoms with van der Waals surface area (Å²) in [6.45, 7) is 3.87. The fourth-order valence-corrected chi connectivity index (χ4v) is 2.35. The first-order valence-corrected chi connectivity index (χ1v) is 8.24. The number of nitro groups is 1. The van der Waals surface area contributed by atoms with E-state index in [0.29, 0.717) is 11.3 Å². The molecule has 0 aliphatic carbocycles. The average molecular weight is 376 g/mol. The van der Waals surface area contributed by atoms with E-state index in [2.05, 4.69) is 10.5 Å². The highest BCUT2D eigenvalue weighted by Gasteiger charge is 2.10. The van der Waals surface area contributed by atoms with Crippen LogP contribution in [0.4, 0.5) is 5.69 Å². The van der Waals surface area contributed by atoms with Gasteiger partial charge < -0.3 is 4.74 Å². The SMILES string of the molecule is CC(C)c1ccccc1OCC(=O)N/N=C/c1cc([N+](=O)[O-])ccc1Cl. The molecule has 0 atom stereocenters. The Labute approximate surface area is 155 Å². The van der Waals surface area contributed by atoms with E-state index >= 15 is 0 Å². The van der Waals surface area contributed by atoms with E-state index in [4.69, 9.17) is 16.3 Å². The largest absolute Gasteiger partial charge is 0.483 e. The Hall–Kier alpha value is -2.93. The third kappa shape index (κ3) is 5.29. The Morgan fingerprint density at radius 1 is 1.35 bits per heavy atom. The predicted octanol–water partition coefficient (Wildman–Crippen LogP) is 3.90. The van der Waals surface area contributed by atoms with Crippen LogP contribution in [0, 0.1) is 10.1 Å². The molecule has 0 aliphatic rings. The highest BCUT2D eigenvalue weighted by Crippen LogP contribution is 2.25. The van der Waals surface area contributed by atoms with Gasteiger partial charge in [-0.2, -0.15) is 5.10 Å². The first kappa shape index (κ1) is 19.4. The number of carbonyl (C=O) groups is 1. The van der Waals surface area contributed by atoms with E-state index in [-0.39, 0.29) is 23.2 Å². The molecule has 0 unspecified atom stereocenters. The maximum absolute atomic E-state index is 11.9. The number of carbonyl (C=O) groups excluding carboxylic acids is 1. The zero-order chi connectivity index (χ0) is 19.1. The van der Waals surface area contributed by atoms with Crippen molar-refractivity contribution < 1.29 is 14.5 Å². The van der Waals surface area contributed by atoms with E-state index in [1.165, 1.54) is 24.4 Å². The average Bonchev–Trinajstić information content (AvgIpc) is 2.61. The molecule has 0 aliphatic heterocycles. The van der Waals surface area contributed by atoms with Gasteiger partial charge in [-0.3, -0.25) is 14.9 Å². The Bertz CT molecular complexity index is 837. The van der Waals surface area contributed by atoms with Crippen molar-refractivity contribution in [2.45, 2.75) is 19.8 Å². The van der Waals surface area contributed by atoms with Gasteiger partial charge in [0.1, 0.15) is 5.75 Å². The van der Waals surface area contributed by atoms with Crippen LogP contribution in [0.1, 0.15) is 30.9 Å². The highest BCUT2D eigenvalue weighted by molar-refractivity contribution is 6.33. The van der Waals surface area contributed by atoms with Crippen molar-refractivity contribution in [3.63, 3.8) is 0 Å². The van der Waals surface area contributed by atoms with Crippen LogP contribution >= 0.6 is 11.6 Å². The van der Waals surface area contributed by atoms with Gasteiger partial charge in [-0.1, -0.05) is 43.6 Å². The second-order valence-corrected chi connectivity index (χ2v) is 6.14. The summed E-state index contributed by atoms with van der Waals surface area (Å²) in [5.41, 5.74) is 3.52. The monoisotopic (exact) mass is 375 g/mol. The van der Waals surface area contributed by atoms with Crippen molar-refractivity contribution in [3.05, 3.63) is 68.7 Å². The molecule has 2 aromatic carbocycles. The van der Waals surface area contributed by atoms with Gasteiger partial charge >= 0.3 is 0 Å². The van der Waals surface area contributed by atoms with E-state index in [9.17, 15) is 14.9 Å². The maximum Gasteiger partial charge on any atom is 0.277 e. The summed E-state index contributed by atoms with van der Waals surface area (Å²) >= 11 is 5.95. The molecule has 0 fully saturated rings. The quantitative estimate of drug-likeness (QED) is 0.451. The second kappa shape index (κ2) is 8.96. The third-order valence-corrected chi connectivity index (χ3v) is 3.83. The Morgan fingerprint density at radius 3 is 2.77 bits per heavy atom. The number of hydrogen-bond acceptors (Lipinski definition) is 5. The second-order valence-electron chi connectivity index (χ2n) is 5.74. The number of hydrogen-bond donors (Lipinski definition) is 1. The lowest BCUT2D eigenvalue weighted by Gasteiger charge is -2.12. The number of non-ortho nitro benzene ring substituents is 1. The Balaban J connectivity index is 1.94. The zero-order valence-corrected chi connectivity index (χ0v) is 15.1. The topological polar surface area (TPSA) is 93.8 Å². The van der Waals surface area contributed by atoms with Gasteiger partial charge in [0.25, 0.3) is 11.6 Å². The number of nitrogens with one attached hydrogen (secondary N) is 1. The predicted molar refractivity (Wildman–Crippen MR) is 99.9 cm³/mol. The molecule has 2 rings (SSSR count). The van der Waals surface area contributed by atoms with E-state index < -0.39 is 10.8 Å². The lowest BCUT2D eigenvalue weighted by Crippen LogP contribution is -2.24. The minimum Gasteiger partial charge on any atom is -0.483 e. The zero-order valence-electron chi connectivity index (χ0n) is 14.3. The molecule has 0 bridgehead atoms. The molecule has 0 radical (unpaired) electrons. The van der Waals surface area contributed by atoms with Crippen molar-refractivity contribution in [2.24, 2.45) is 5.10 Å². The molecule has 2 aromatic rings. The number of ether oxygens (including phenoxy) is 1. The number of benzene rings is 2. The number of amides is 1. The van der Waals surface area contributed by atoms with Gasteiger partial charge in [0.2, 0.25) is 0 Å². The standard InChI is InChI=1S/C18H18ClN3O4/c1-12(2)15-5-3-4-6-17(15)26-11-18(23)21-20-10-13-9-14(22(24)25)7-8-16(13)19/h3-10,12H,11H2,1-2H3,(H,21,23)/b20-10+. The van der Waals surface area contributed by atoms with Crippen LogP contribution in [0.3, 0.4) is 0 Å². The van der Waals surface area contributed by atoms with Crippen molar-refractivity contribution in [2.75, 3.05) is 6.61 Å². The molecular weight excluding hydrogens is 358 g/mol. The fourth-order valence-electron chi connectivity index (χ4n) is 2.18. The molecule has 0 saturated carbocycles. The molecule has 0 aromatic heterocycles. The normalized spacial score (nSPS) is 10.9. The first-order valence-electron chi connectivity index (χ1n) is 7.86. The van der Waals surface area contributed by atoms with Gasteiger partial charge in [-0.25, -0.2) is 5.43 Å². The van der Waals surface area contributed by atoms with Crippen molar-refractivity contribution in [1.29, 1.82) is 0 Å². The van der Waals surface area contributed by atoms with Crippen LogP contribution in [-0.4, -0.2) is 23.7 Å². The van der Waals surface area contributed by atoms with Gasteiger partial charge in [0, 0.05) is 22.7 Å². The molecule has 1 N–H and O–H groups in total. The summed E-state index contributed by atoms with van der Waals surface area (Å²) in [7, 11) is 0. The maximum atomic E-state index is 11.9. The summed E-state index contributed by atoms with van der Waals surface area (Å²) in [4.78, 5) is 22.1. The van der Waals surface area contributed by atoms with Crippen LogP contribution in [-0.2, 0) is 4.79 Å². The van der Waals surface area contributed by atoms with Crippen molar-refractivity contribution >= 4 is 29.4 Å². The van der Waals surface area contributed by atoms with Gasteiger partial charge in [0.15, 0.2) is 6.61 Å². The molecule has 0 heterocycles. The molecule has 1 amide bonds. The minimum atomic E-state index is -0.535. The molecule has 7 nitrogen and oxygen atoms in total. The lowest BCUT2D eigenvalue weighted by molar-refractivity contribution is -0.384. The molecular formula is C18H18ClN3O4. The summed E-state index contributed by atoms with van der Waals surface area (Å²) < 4.78 is 5.54. The lowest BCUT2D eigenvalue weighted by atomic mass is 10.0. The fraction of sp³-hybridized carbons (Fsp3) is 0.222. The summed E-state index contributed by atoms with van der Waals surface area (Å²) in [6.07, 6.45) is 1.25. The van der Waals surface area contributed by atoms with Gasteiger partial charge in [-0.05, 0) is 23.6 Å². The Kier molecular flexibility index (Phi) is 6.68. The first-order chi connectivity index (χ1) is 12.4. The van der Waals surface area contributed by atoms with Crippen LogP contribution in [0.15, 0.2) is 47.6 Å². The molecule has 8 heteroatoms. The molecule has 0 spiro atoms. The van der Waals surface area contributed by atoms with Gasteiger partial charge in [-0.15, -0.1) is 0 Å². The van der Waals surface area contributed by atoms with Crippen LogP contribution in [0.5, 0.6) is 5.75 Å². The third-order valence-electron chi connectivity index (χ3n) is 3.48. The molecule has 26 heavy (non-hydrogen) atoms. The Morgan fingerprint density at radius 2 is 2.08 bits per heavy atom. The summed E-state index contributed by atoms with van der Waals surface area (Å²) in [5.74, 6) is 0.452. The van der Waals surface area contributed by atoms with Crippen molar-refractivity contribution in [3.8, 4) is 5.75 Å². The number of rotatable bonds is 7. The van der Waals surface area contributed by atoms with E-state index in [1.54, 1.807) is 6.07 Å². The van der Waals surface area contributed by atoms with Crippen molar-refractivity contribution in [1.82, 2.24) is 5.43 Å². The van der Waals surface area contributed by atoms with Crippen LogP contribution < -0.4 is 10.2 Å². The van der Waals surface area contributed by atoms with Gasteiger partial charge in [0.05, 0.1) is 11.1 Å².